The summed E-state index contributed by atoms with van der Waals surface area (Å²) in [5.74, 6) is 0.0924. The van der Waals surface area contributed by atoms with Crippen LogP contribution in [0.1, 0.15) is 12.8 Å². The molecule has 1 heterocycles. The Bertz CT molecular complexity index is 765. The highest BCUT2D eigenvalue weighted by Gasteiger charge is 2.16. The molecule has 0 radical (unpaired) electrons. The van der Waals surface area contributed by atoms with Crippen LogP contribution in [0, 0.1) is 5.82 Å². The number of carbonyl (C=O) groups is 1. The summed E-state index contributed by atoms with van der Waals surface area (Å²) >= 11 is 5.67. The van der Waals surface area contributed by atoms with Gasteiger partial charge in [-0.05, 0) is 37.1 Å². The number of benzene rings is 2. The fourth-order valence-electron chi connectivity index (χ4n) is 2.54. The smallest absolute Gasteiger partial charge is 0.262 e. The minimum atomic E-state index is -0.539. The summed E-state index contributed by atoms with van der Waals surface area (Å²) in [7, 11) is 0. The first kappa shape index (κ1) is 18.5. The van der Waals surface area contributed by atoms with Crippen molar-refractivity contribution in [2.75, 3.05) is 25.1 Å². The van der Waals surface area contributed by atoms with Gasteiger partial charge in [-0.15, -0.1) is 0 Å². The number of carbonyl (C=O) groups excluding carboxylic acids is 1. The largest absolute Gasteiger partial charge is 0.491 e. The van der Waals surface area contributed by atoms with E-state index in [0.29, 0.717) is 23.8 Å². The second kappa shape index (κ2) is 8.87. The van der Waals surface area contributed by atoms with Crippen molar-refractivity contribution in [3.8, 4) is 11.5 Å². The van der Waals surface area contributed by atoms with E-state index in [9.17, 15) is 9.18 Å². The first-order chi connectivity index (χ1) is 12.6. The predicted molar refractivity (Wildman–Crippen MR) is 96.4 cm³/mol. The molecule has 1 atom stereocenters. The van der Waals surface area contributed by atoms with E-state index < -0.39 is 5.82 Å². The number of anilines is 1. The number of ether oxygens (including phenoxy) is 3. The molecular weight excluding hydrogens is 361 g/mol. The molecule has 0 saturated carbocycles. The van der Waals surface area contributed by atoms with E-state index in [4.69, 9.17) is 25.8 Å². The zero-order valence-corrected chi connectivity index (χ0v) is 14.8. The third kappa shape index (κ3) is 5.34. The zero-order valence-electron chi connectivity index (χ0n) is 14.0. The van der Waals surface area contributed by atoms with Gasteiger partial charge >= 0.3 is 0 Å². The lowest BCUT2D eigenvalue weighted by Crippen LogP contribution is -2.20. The summed E-state index contributed by atoms with van der Waals surface area (Å²) in [4.78, 5) is 12.0. The van der Waals surface area contributed by atoms with Crippen LogP contribution >= 0.6 is 11.6 Å². The minimum absolute atomic E-state index is 0.0565. The Kier molecular flexibility index (Phi) is 6.30. The fourth-order valence-corrected chi connectivity index (χ4v) is 2.71. The molecule has 0 unspecified atom stereocenters. The molecule has 5 nitrogen and oxygen atoms in total. The Labute approximate surface area is 156 Å². The standard InChI is InChI=1S/C19H19ClFNO4/c20-17-10-15(6-7-18(17)21)26-12-19(23)22-13-3-1-4-14(9-13)25-11-16-5-2-8-24-16/h1,3-4,6-7,9-10,16H,2,5,8,11-12H2,(H,22,23)/t16-/m1/s1. The lowest BCUT2D eigenvalue weighted by molar-refractivity contribution is -0.118. The van der Waals surface area contributed by atoms with Gasteiger partial charge in [0.2, 0.25) is 0 Å². The van der Waals surface area contributed by atoms with E-state index >= 15 is 0 Å². The second-order valence-corrected chi connectivity index (χ2v) is 6.29. The van der Waals surface area contributed by atoms with Gasteiger partial charge < -0.3 is 19.5 Å². The molecule has 0 aliphatic carbocycles. The van der Waals surface area contributed by atoms with E-state index in [1.54, 1.807) is 18.2 Å². The van der Waals surface area contributed by atoms with Crippen LogP contribution in [0.3, 0.4) is 0 Å². The fraction of sp³-hybridized carbons (Fsp3) is 0.316. The second-order valence-electron chi connectivity index (χ2n) is 5.89. The molecule has 1 aliphatic rings. The Hall–Kier alpha value is -2.31. The summed E-state index contributed by atoms with van der Waals surface area (Å²) in [6.07, 6.45) is 2.19. The summed E-state index contributed by atoms with van der Waals surface area (Å²) in [6, 6.07) is 11.0. The van der Waals surface area contributed by atoms with Crippen molar-refractivity contribution in [1.29, 1.82) is 0 Å². The van der Waals surface area contributed by atoms with Crippen molar-refractivity contribution in [1.82, 2.24) is 0 Å². The monoisotopic (exact) mass is 379 g/mol. The first-order valence-corrected chi connectivity index (χ1v) is 8.70. The molecule has 2 aromatic rings. The van der Waals surface area contributed by atoms with Crippen LogP contribution in [0.25, 0.3) is 0 Å². The molecule has 1 saturated heterocycles. The number of rotatable bonds is 7. The van der Waals surface area contributed by atoms with Crippen LogP contribution in [0.2, 0.25) is 5.02 Å². The van der Waals surface area contributed by atoms with Gasteiger partial charge in [0.25, 0.3) is 5.91 Å². The molecule has 26 heavy (non-hydrogen) atoms. The summed E-state index contributed by atoms with van der Waals surface area (Å²) in [5, 5.41) is 2.67. The van der Waals surface area contributed by atoms with Gasteiger partial charge in [0.05, 0.1) is 11.1 Å². The molecule has 138 valence electrons. The van der Waals surface area contributed by atoms with Crippen molar-refractivity contribution in [2.45, 2.75) is 18.9 Å². The maximum atomic E-state index is 13.1. The highest BCUT2D eigenvalue weighted by molar-refractivity contribution is 6.30. The molecule has 2 aromatic carbocycles. The van der Waals surface area contributed by atoms with Gasteiger partial charge in [0.1, 0.15) is 23.9 Å². The van der Waals surface area contributed by atoms with E-state index in [1.807, 2.05) is 6.07 Å². The normalized spacial score (nSPS) is 16.3. The van der Waals surface area contributed by atoms with Crippen LogP contribution in [0.5, 0.6) is 11.5 Å². The number of amides is 1. The molecule has 1 N–H and O–H groups in total. The summed E-state index contributed by atoms with van der Waals surface area (Å²) < 4.78 is 29.6. The van der Waals surface area contributed by atoms with Crippen LogP contribution in [-0.2, 0) is 9.53 Å². The van der Waals surface area contributed by atoms with E-state index in [2.05, 4.69) is 5.32 Å². The predicted octanol–water partition coefficient (Wildman–Crippen LogP) is 4.05. The van der Waals surface area contributed by atoms with Crippen molar-refractivity contribution >= 4 is 23.2 Å². The molecular formula is C19H19ClFNO4. The highest BCUT2D eigenvalue weighted by Crippen LogP contribution is 2.22. The Morgan fingerprint density at radius 1 is 1.23 bits per heavy atom. The van der Waals surface area contributed by atoms with E-state index in [0.717, 1.165) is 19.4 Å². The van der Waals surface area contributed by atoms with E-state index in [1.165, 1.54) is 18.2 Å². The van der Waals surface area contributed by atoms with E-state index in [-0.39, 0.29) is 23.6 Å². The number of halogens is 2. The summed E-state index contributed by atoms with van der Waals surface area (Å²) in [6.45, 7) is 1.05. The molecule has 3 rings (SSSR count). The Balaban J connectivity index is 1.48. The van der Waals surface area contributed by atoms with Crippen molar-refractivity contribution < 1.29 is 23.4 Å². The highest BCUT2D eigenvalue weighted by atomic mass is 35.5. The lowest BCUT2D eigenvalue weighted by atomic mass is 10.2. The molecule has 7 heteroatoms. The molecule has 1 fully saturated rings. The van der Waals surface area contributed by atoms with Crippen molar-refractivity contribution in [3.63, 3.8) is 0 Å². The summed E-state index contributed by atoms with van der Waals surface area (Å²) in [5.41, 5.74) is 0.598. The third-order valence-corrected chi connectivity index (χ3v) is 4.13. The molecule has 0 bridgehead atoms. The molecule has 0 aromatic heterocycles. The van der Waals surface area contributed by atoms with Crippen molar-refractivity contribution in [2.24, 2.45) is 0 Å². The quantitative estimate of drug-likeness (QED) is 0.788. The number of nitrogens with one attached hydrogen (secondary N) is 1. The van der Waals surface area contributed by atoms with Crippen LogP contribution in [0.4, 0.5) is 10.1 Å². The van der Waals surface area contributed by atoms with Gasteiger partial charge in [0, 0.05) is 24.4 Å². The van der Waals surface area contributed by atoms with Crippen LogP contribution in [0.15, 0.2) is 42.5 Å². The zero-order chi connectivity index (χ0) is 18.4. The maximum Gasteiger partial charge on any atom is 0.262 e. The molecule has 0 spiro atoms. The number of hydrogen-bond acceptors (Lipinski definition) is 4. The lowest BCUT2D eigenvalue weighted by Gasteiger charge is -2.13. The SMILES string of the molecule is O=C(COc1ccc(F)c(Cl)c1)Nc1cccc(OC[C@H]2CCCO2)c1. The van der Waals surface area contributed by atoms with Crippen molar-refractivity contribution in [3.05, 3.63) is 53.3 Å². The van der Waals surface area contributed by atoms with Gasteiger partial charge in [-0.25, -0.2) is 4.39 Å². The third-order valence-electron chi connectivity index (χ3n) is 3.84. The van der Waals surface area contributed by atoms with Gasteiger partial charge in [-0.2, -0.15) is 0 Å². The topological polar surface area (TPSA) is 56.8 Å². The van der Waals surface area contributed by atoms with Gasteiger partial charge in [-0.3, -0.25) is 4.79 Å². The van der Waals surface area contributed by atoms with Gasteiger partial charge in [-0.1, -0.05) is 17.7 Å². The minimum Gasteiger partial charge on any atom is -0.491 e. The Morgan fingerprint density at radius 3 is 2.85 bits per heavy atom. The van der Waals surface area contributed by atoms with Crippen LogP contribution in [-0.4, -0.2) is 31.8 Å². The van der Waals surface area contributed by atoms with Crippen LogP contribution < -0.4 is 14.8 Å². The Morgan fingerprint density at radius 2 is 2.08 bits per heavy atom. The first-order valence-electron chi connectivity index (χ1n) is 8.32. The molecule has 1 aliphatic heterocycles. The maximum absolute atomic E-state index is 13.1. The number of hydrogen-bond donors (Lipinski definition) is 1. The average molecular weight is 380 g/mol. The van der Waals surface area contributed by atoms with Gasteiger partial charge in [0.15, 0.2) is 6.61 Å². The molecule has 1 amide bonds. The average Bonchev–Trinajstić information content (AvgIpc) is 3.15.